The Kier molecular flexibility index (Phi) is 4.80. The van der Waals surface area contributed by atoms with Crippen LogP contribution in [0.1, 0.15) is 11.1 Å². The van der Waals surface area contributed by atoms with Crippen LogP contribution in [0.15, 0.2) is 40.9 Å². The SMILES string of the molecule is COc1cc(Br)cc(C)c1NCc1ccc([N+](=O)[O-])cc1. The number of nitrogens with one attached hydrogen (secondary N) is 1. The summed E-state index contributed by atoms with van der Waals surface area (Å²) in [6.45, 7) is 2.56. The molecule has 0 fully saturated rings. The maximum Gasteiger partial charge on any atom is 0.269 e. The zero-order chi connectivity index (χ0) is 15.4. The fraction of sp³-hybridized carbons (Fsp3) is 0.200. The van der Waals surface area contributed by atoms with Crippen LogP contribution in [0.3, 0.4) is 0 Å². The molecule has 0 heterocycles. The number of nitrogens with zero attached hydrogens (tertiary/aromatic N) is 1. The van der Waals surface area contributed by atoms with Gasteiger partial charge in [0, 0.05) is 23.2 Å². The number of non-ortho nitro benzene ring substituents is 1. The van der Waals surface area contributed by atoms with Crippen molar-refractivity contribution in [3.63, 3.8) is 0 Å². The molecule has 0 aromatic heterocycles. The van der Waals surface area contributed by atoms with Crippen molar-refractivity contribution in [3.8, 4) is 5.75 Å². The lowest BCUT2D eigenvalue weighted by molar-refractivity contribution is -0.384. The standard InChI is InChI=1S/C15H15BrN2O3/c1-10-7-12(16)8-14(21-2)15(10)17-9-11-3-5-13(6-4-11)18(19)20/h3-8,17H,9H2,1-2H3. The number of ether oxygens (including phenoxy) is 1. The summed E-state index contributed by atoms with van der Waals surface area (Å²) in [4.78, 5) is 10.2. The van der Waals surface area contributed by atoms with E-state index in [1.165, 1.54) is 12.1 Å². The molecule has 2 aromatic carbocycles. The summed E-state index contributed by atoms with van der Waals surface area (Å²) in [6, 6.07) is 10.4. The molecule has 2 rings (SSSR count). The van der Waals surface area contributed by atoms with Gasteiger partial charge >= 0.3 is 0 Å². The van der Waals surface area contributed by atoms with Crippen molar-refractivity contribution < 1.29 is 9.66 Å². The van der Waals surface area contributed by atoms with Crippen LogP contribution >= 0.6 is 15.9 Å². The fourth-order valence-electron chi connectivity index (χ4n) is 2.03. The molecule has 6 heteroatoms. The second kappa shape index (κ2) is 6.58. The third kappa shape index (κ3) is 3.72. The molecule has 21 heavy (non-hydrogen) atoms. The van der Waals surface area contributed by atoms with Gasteiger partial charge in [-0.05, 0) is 30.2 Å². The molecule has 0 amide bonds. The highest BCUT2D eigenvalue weighted by Crippen LogP contribution is 2.32. The number of halogens is 1. The zero-order valence-corrected chi connectivity index (χ0v) is 13.3. The van der Waals surface area contributed by atoms with Gasteiger partial charge in [0.05, 0.1) is 17.7 Å². The largest absolute Gasteiger partial charge is 0.495 e. The molecule has 0 radical (unpaired) electrons. The van der Waals surface area contributed by atoms with E-state index < -0.39 is 4.92 Å². The van der Waals surface area contributed by atoms with Crippen molar-refractivity contribution >= 4 is 27.3 Å². The Morgan fingerprint density at radius 2 is 1.95 bits per heavy atom. The number of anilines is 1. The number of nitro groups is 1. The lowest BCUT2D eigenvalue weighted by Gasteiger charge is -2.14. The number of hydrogen-bond acceptors (Lipinski definition) is 4. The third-order valence-electron chi connectivity index (χ3n) is 3.10. The third-order valence-corrected chi connectivity index (χ3v) is 3.56. The smallest absolute Gasteiger partial charge is 0.269 e. The zero-order valence-electron chi connectivity index (χ0n) is 11.7. The minimum Gasteiger partial charge on any atom is -0.495 e. The molecule has 0 aliphatic heterocycles. The molecular formula is C15H15BrN2O3. The molecule has 0 aliphatic rings. The van der Waals surface area contributed by atoms with E-state index in [2.05, 4.69) is 21.2 Å². The summed E-state index contributed by atoms with van der Waals surface area (Å²) in [6.07, 6.45) is 0. The molecule has 0 spiro atoms. The van der Waals surface area contributed by atoms with E-state index in [0.717, 1.165) is 27.0 Å². The average Bonchev–Trinajstić information content (AvgIpc) is 2.46. The molecule has 0 saturated carbocycles. The van der Waals surface area contributed by atoms with Crippen LogP contribution in [-0.2, 0) is 6.54 Å². The Bertz CT molecular complexity index is 657. The molecule has 0 atom stereocenters. The van der Waals surface area contributed by atoms with Crippen molar-refractivity contribution in [2.24, 2.45) is 0 Å². The second-order valence-corrected chi connectivity index (χ2v) is 5.49. The number of aryl methyl sites for hydroxylation is 1. The number of benzene rings is 2. The Labute approximate surface area is 131 Å². The lowest BCUT2D eigenvalue weighted by atomic mass is 10.1. The van der Waals surface area contributed by atoms with E-state index in [0.29, 0.717) is 6.54 Å². The molecule has 5 nitrogen and oxygen atoms in total. The quantitative estimate of drug-likeness (QED) is 0.645. The minimum atomic E-state index is -0.404. The van der Waals surface area contributed by atoms with Gasteiger partial charge in [0.25, 0.3) is 5.69 Å². The second-order valence-electron chi connectivity index (χ2n) is 4.58. The van der Waals surface area contributed by atoms with Crippen molar-refractivity contribution in [1.29, 1.82) is 0 Å². The fourth-order valence-corrected chi connectivity index (χ4v) is 2.58. The molecule has 0 bridgehead atoms. The maximum absolute atomic E-state index is 10.6. The number of hydrogen-bond donors (Lipinski definition) is 1. The van der Waals surface area contributed by atoms with Crippen molar-refractivity contribution in [2.45, 2.75) is 13.5 Å². The predicted octanol–water partition coefficient (Wildman–Crippen LogP) is 4.29. The van der Waals surface area contributed by atoms with E-state index >= 15 is 0 Å². The molecule has 0 aliphatic carbocycles. The summed E-state index contributed by atoms with van der Waals surface area (Å²) < 4.78 is 6.32. The molecule has 0 saturated heterocycles. The first-order valence-corrected chi connectivity index (χ1v) is 7.12. The van der Waals surface area contributed by atoms with Crippen LogP contribution in [0, 0.1) is 17.0 Å². The van der Waals surface area contributed by atoms with Gasteiger partial charge in [-0.1, -0.05) is 28.1 Å². The summed E-state index contributed by atoms with van der Waals surface area (Å²) in [5, 5.41) is 13.9. The molecule has 0 unspecified atom stereocenters. The highest BCUT2D eigenvalue weighted by atomic mass is 79.9. The summed E-state index contributed by atoms with van der Waals surface area (Å²) in [5.41, 5.74) is 3.03. The van der Waals surface area contributed by atoms with E-state index in [1.54, 1.807) is 19.2 Å². The maximum atomic E-state index is 10.6. The van der Waals surface area contributed by atoms with Crippen molar-refractivity contribution in [2.75, 3.05) is 12.4 Å². The monoisotopic (exact) mass is 350 g/mol. The van der Waals surface area contributed by atoms with Crippen LogP contribution in [0.5, 0.6) is 5.75 Å². The van der Waals surface area contributed by atoms with E-state index in [1.807, 2.05) is 19.1 Å². The Balaban J connectivity index is 2.14. The van der Waals surface area contributed by atoms with Crippen LogP contribution < -0.4 is 10.1 Å². The summed E-state index contributed by atoms with van der Waals surface area (Å²) in [7, 11) is 1.62. The van der Waals surface area contributed by atoms with Crippen LogP contribution in [0.2, 0.25) is 0 Å². The lowest BCUT2D eigenvalue weighted by Crippen LogP contribution is -2.03. The highest BCUT2D eigenvalue weighted by molar-refractivity contribution is 9.10. The van der Waals surface area contributed by atoms with Crippen molar-refractivity contribution in [3.05, 3.63) is 62.1 Å². The van der Waals surface area contributed by atoms with Gasteiger partial charge in [-0.2, -0.15) is 0 Å². The van der Waals surface area contributed by atoms with Crippen LogP contribution in [-0.4, -0.2) is 12.0 Å². The van der Waals surface area contributed by atoms with E-state index in [4.69, 9.17) is 4.74 Å². The molecule has 110 valence electrons. The average molecular weight is 351 g/mol. The number of methoxy groups -OCH3 is 1. The Morgan fingerprint density at radius 1 is 1.29 bits per heavy atom. The van der Waals surface area contributed by atoms with Crippen molar-refractivity contribution in [1.82, 2.24) is 0 Å². The summed E-state index contributed by atoms with van der Waals surface area (Å²) in [5.74, 6) is 0.754. The van der Waals surface area contributed by atoms with Crippen LogP contribution in [0.25, 0.3) is 0 Å². The van der Waals surface area contributed by atoms with Crippen LogP contribution in [0.4, 0.5) is 11.4 Å². The first kappa shape index (κ1) is 15.3. The number of nitro benzene ring substituents is 1. The normalized spacial score (nSPS) is 10.2. The summed E-state index contributed by atoms with van der Waals surface area (Å²) >= 11 is 3.43. The van der Waals surface area contributed by atoms with Gasteiger partial charge in [0.15, 0.2) is 0 Å². The first-order valence-electron chi connectivity index (χ1n) is 6.32. The first-order chi connectivity index (χ1) is 10.0. The molecular weight excluding hydrogens is 336 g/mol. The number of rotatable bonds is 5. The molecule has 1 N–H and O–H groups in total. The predicted molar refractivity (Wildman–Crippen MR) is 85.9 cm³/mol. The van der Waals surface area contributed by atoms with Gasteiger partial charge < -0.3 is 10.1 Å². The highest BCUT2D eigenvalue weighted by Gasteiger charge is 2.09. The van der Waals surface area contributed by atoms with Gasteiger partial charge in [0.1, 0.15) is 5.75 Å². The van der Waals surface area contributed by atoms with Gasteiger partial charge in [-0.15, -0.1) is 0 Å². The minimum absolute atomic E-state index is 0.0937. The van der Waals surface area contributed by atoms with Gasteiger partial charge in [-0.25, -0.2) is 0 Å². The van der Waals surface area contributed by atoms with E-state index in [9.17, 15) is 10.1 Å². The Hall–Kier alpha value is -2.08. The Morgan fingerprint density at radius 3 is 2.52 bits per heavy atom. The topological polar surface area (TPSA) is 64.4 Å². The van der Waals surface area contributed by atoms with Gasteiger partial charge in [0.2, 0.25) is 0 Å². The molecule has 2 aromatic rings. The van der Waals surface area contributed by atoms with Gasteiger partial charge in [-0.3, -0.25) is 10.1 Å². The van der Waals surface area contributed by atoms with E-state index in [-0.39, 0.29) is 5.69 Å².